The number of likely N-dealkylation sites (tertiary alicyclic amines) is 1. The quantitative estimate of drug-likeness (QED) is 0.820. The topological polar surface area (TPSA) is 20.3 Å². The number of nitrogens with zero attached hydrogens (tertiary/aromatic N) is 1. The molecule has 1 heterocycles. The van der Waals surface area contributed by atoms with E-state index < -0.39 is 11.6 Å². The average molecular weight is 290 g/mol. The molecule has 5 heteroatoms. The van der Waals surface area contributed by atoms with Crippen LogP contribution in [0.1, 0.15) is 18.4 Å². The molecule has 0 unspecified atom stereocenters. The van der Waals surface area contributed by atoms with E-state index in [0.29, 0.717) is 17.4 Å². The van der Waals surface area contributed by atoms with Crippen LogP contribution < -0.4 is 0 Å². The van der Waals surface area contributed by atoms with Gasteiger partial charge in [0.1, 0.15) is 11.6 Å². The molecule has 0 spiro atoms. The molecule has 1 saturated heterocycles. The van der Waals surface area contributed by atoms with E-state index >= 15 is 0 Å². The van der Waals surface area contributed by atoms with Gasteiger partial charge in [-0.25, -0.2) is 8.78 Å². The van der Waals surface area contributed by atoms with E-state index in [0.717, 1.165) is 6.42 Å². The zero-order valence-corrected chi connectivity index (χ0v) is 10.1. The molecule has 0 atom stereocenters. The monoisotopic (exact) mass is 289 g/mol. The van der Waals surface area contributed by atoms with Crippen molar-refractivity contribution < 1.29 is 13.6 Å². The van der Waals surface area contributed by atoms with Crippen LogP contribution in [0.15, 0.2) is 16.6 Å². The number of carbonyl (C=O) groups excluding carboxylic acids is 1. The molecule has 0 N–H and O–H groups in total. The Morgan fingerprint density at radius 2 is 1.94 bits per heavy atom. The summed E-state index contributed by atoms with van der Waals surface area (Å²) in [5.41, 5.74) is -0.0431. The molecular weight excluding hydrogens is 280 g/mol. The van der Waals surface area contributed by atoms with E-state index in [2.05, 4.69) is 15.9 Å². The fourth-order valence-electron chi connectivity index (χ4n) is 1.79. The number of carbonyl (C=O) groups is 1. The Bertz CT molecular complexity index is 413. The van der Waals surface area contributed by atoms with Crippen molar-refractivity contribution in [3.05, 3.63) is 33.8 Å². The fraction of sp³-hybridized carbons (Fsp3) is 0.364. The van der Waals surface area contributed by atoms with Gasteiger partial charge in [0, 0.05) is 23.0 Å². The molecule has 16 heavy (non-hydrogen) atoms. The van der Waals surface area contributed by atoms with Crippen molar-refractivity contribution in [2.75, 3.05) is 6.54 Å². The average Bonchev–Trinajstić information content (AvgIpc) is 2.57. The minimum atomic E-state index is -0.619. The van der Waals surface area contributed by atoms with Gasteiger partial charge < -0.3 is 4.90 Å². The van der Waals surface area contributed by atoms with Crippen LogP contribution in [0.3, 0.4) is 0 Å². The van der Waals surface area contributed by atoms with Gasteiger partial charge in [0.25, 0.3) is 0 Å². The second kappa shape index (κ2) is 4.49. The SMILES string of the molecule is O=C1CCCN1Cc1c(F)cc(Br)cc1F. The number of rotatable bonds is 2. The first kappa shape index (κ1) is 11.5. The molecule has 0 radical (unpaired) electrons. The van der Waals surface area contributed by atoms with Crippen molar-refractivity contribution in [2.24, 2.45) is 0 Å². The van der Waals surface area contributed by atoms with Gasteiger partial charge in [-0.1, -0.05) is 15.9 Å². The van der Waals surface area contributed by atoms with Crippen LogP contribution >= 0.6 is 15.9 Å². The fourth-order valence-corrected chi connectivity index (χ4v) is 2.19. The number of halogens is 3. The molecule has 1 amide bonds. The number of hydrogen-bond donors (Lipinski definition) is 0. The van der Waals surface area contributed by atoms with Crippen LogP contribution in [-0.4, -0.2) is 17.4 Å². The summed E-state index contributed by atoms with van der Waals surface area (Å²) in [6, 6.07) is 2.41. The lowest BCUT2D eigenvalue weighted by molar-refractivity contribution is -0.128. The van der Waals surface area contributed by atoms with Gasteiger partial charge in [-0.2, -0.15) is 0 Å². The highest BCUT2D eigenvalue weighted by Gasteiger charge is 2.23. The highest BCUT2D eigenvalue weighted by atomic mass is 79.9. The predicted molar refractivity (Wildman–Crippen MR) is 58.7 cm³/mol. The molecule has 0 aliphatic carbocycles. The summed E-state index contributed by atoms with van der Waals surface area (Å²) in [4.78, 5) is 12.8. The summed E-state index contributed by atoms with van der Waals surface area (Å²) in [7, 11) is 0. The van der Waals surface area contributed by atoms with E-state index in [1.807, 2.05) is 0 Å². The molecule has 1 aromatic carbocycles. The van der Waals surface area contributed by atoms with Crippen LogP contribution in [0, 0.1) is 11.6 Å². The molecule has 2 rings (SSSR count). The van der Waals surface area contributed by atoms with Gasteiger partial charge in [-0.3, -0.25) is 4.79 Å². The molecule has 86 valence electrons. The third-order valence-electron chi connectivity index (χ3n) is 2.63. The van der Waals surface area contributed by atoms with Gasteiger partial charge in [-0.05, 0) is 18.6 Å². The first-order valence-electron chi connectivity index (χ1n) is 4.99. The maximum Gasteiger partial charge on any atom is 0.222 e. The van der Waals surface area contributed by atoms with Gasteiger partial charge in [0.2, 0.25) is 5.91 Å². The van der Waals surface area contributed by atoms with Gasteiger partial charge >= 0.3 is 0 Å². The third kappa shape index (κ3) is 2.24. The normalized spacial score (nSPS) is 15.9. The first-order chi connectivity index (χ1) is 7.58. The summed E-state index contributed by atoms with van der Waals surface area (Å²) >= 11 is 3.01. The lowest BCUT2D eigenvalue weighted by Crippen LogP contribution is -2.25. The highest BCUT2D eigenvalue weighted by molar-refractivity contribution is 9.10. The van der Waals surface area contributed by atoms with Crippen LogP contribution in [0.2, 0.25) is 0 Å². The largest absolute Gasteiger partial charge is 0.338 e. The van der Waals surface area contributed by atoms with Crippen molar-refractivity contribution in [3.8, 4) is 0 Å². The summed E-state index contributed by atoms with van der Waals surface area (Å²) in [5, 5.41) is 0. The standard InChI is InChI=1S/C11H10BrF2NO/c12-7-4-9(13)8(10(14)5-7)6-15-3-1-2-11(15)16/h4-5H,1-3,6H2. The summed E-state index contributed by atoms with van der Waals surface area (Å²) in [6.45, 7) is 0.595. The van der Waals surface area contributed by atoms with E-state index in [9.17, 15) is 13.6 Å². The Morgan fingerprint density at radius 3 is 2.44 bits per heavy atom. The van der Waals surface area contributed by atoms with Crippen molar-refractivity contribution in [2.45, 2.75) is 19.4 Å². The number of amides is 1. The van der Waals surface area contributed by atoms with Crippen molar-refractivity contribution in [3.63, 3.8) is 0 Å². The molecule has 0 saturated carbocycles. The second-order valence-corrected chi connectivity index (χ2v) is 4.68. The minimum Gasteiger partial charge on any atom is -0.338 e. The summed E-state index contributed by atoms with van der Waals surface area (Å²) in [6.07, 6.45) is 1.23. The Morgan fingerprint density at radius 1 is 1.31 bits per heavy atom. The highest BCUT2D eigenvalue weighted by Crippen LogP contribution is 2.22. The predicted octanol–water partition coefficient (Wildman–Crippen LogP) is 2.85. The molecule has 2 nitrogen and oxygen atoms in total. The molecular formula is C11H10BrF2NO. The van der Waals surface area contributed by atoms with Crippen molar-refractivity contribution >= 4 is 21.8 Å². The zero-order valence-electron chi connectivity index (χ0n) is 8.47. The minimum absolute atomic E-state index is 0.0176. The van der Waals surface area contributed by atoms with Crippen LogP contribution in [0.25, 0.3) is 0 Å². The number of hydrogen-bond acceptors (Lipinski definition) is 1. The first-order valence-corrected chi connectivity index (χ1v) is 5.78. The molecule has 1 aliphatic heterocycles. The maximum atomic E-state index is 13.5. The molecule has 0 bridgehead atoms. The summed E-state index contributed by atoms with van der Waals surface area (Å²) < 4.78 is 27.3. The van der Waals surface area contributed by atoms with Crippen LogP contribution in [0.5, 0.6) is 0 Å². The molecule has 1 aliphatic rings. The summed E-state index contributed by atoms with van der Waals surface area (Å²) in [5.74, 6) is -1.28. The van der Waals surface area contributed by atoms with Gasteiger partial charge in [-0.15, -0.1) is 0 Å². The van der Waals surface area contributed by atoms with E-state index in [1.54, 1.807) is 0 Å². The zero-order chi connectivity index (χ0) is 11.7. The van der Waals surface area contributed by atoms with Crippen molar-refractivity contribution in [1.82, 2.24) is 4.90 Å². The smallest absolute Gasteiger partial charge is 0.222 e. The van der Waals surface area contributed by atoms with E-state index in [-0.39, 0.29) is 18.0 Å². The Balaban J connectivity index is 2.24. The van der Waals surface area contributed by atoms with Gasteiger partial charge in [0.05, 0.1) is 6.54 Å². The van der Waals surface area contributed by atoms with E-state index in [1.165, 1.54) is 17.0 Å². The van der Waals surface area contributed by atoms with Gasteiger partial charge in [0.15, 0.2) is 0 Å². The number of benzene rings is 1. The third-order valence-corrected chi connectivity index (χ3v) is 3.08. The Kier molecular flexibility index (Phi) is 3.23. The molecule has 0 aromatic heterocycles. The van der Waals surface area contributed by atoms with E-state index in [4.69, 9.17) is 0 Å². The second-order valence-electron chi connectivity index (χ2n) is 3.77. The van der Waals surface area contributed by atoms with Crippen LogP contribution in [-0.2, 0) is 11.3 Å². The van der Waals surface area contributed by atoms with Crippen molar-refractivity contribution in [1.29, 1.82) is 0 Å². The lowest BCUT2D eigenvalue weighted by Gasteiger charge is -2.16. The lowest BCUT2D eigenvalue weighted by atomic mass is 10.2. The Labute approximate surface area is 100 Å². The Hall–Kier alpha value is -0.970. The maximum absolute atomic E-state index is 13.5. The van der Waals surface area contributed by atoms with Crippen LogP contribution in [0.4, 0.5) is 8.78 Å². The molecule has 1 fully saturated rings. The molecule has 1 aromatic rings.